The maximum atomic E-state index is 14.1. The average molecular weight is 395 g/mol. The number of aromatic nitrogens is 1. The maximum Gasteiger partial charge on any atom is 0.282 e. The van der Waals surface area contributed by atoms with Crippen molar-refractivity contribution in [2.24, 2.45) is 10.7 Å². The van der Waals surface area contributed by atoms with Crippen LogP contribution in [-0.2, 0) is 9.47 Å². The SMILES string of the molecule is COC(N)=N[C@H]1c2cc(-c3cccnc3F)ccc2OC[C@H]1OCCC(F)F. The lowest BCUT2D eigenvalue weighted by atomic mass is 9.94. The molecule has 0 unspecified atom stereocenters. The van der Waals surface area contributed by atoms with E-state index in [1.807, 2.05) is 0 Å². The van der Waals surface area contributed by atoms with Crippen LogP contribution in [0, 0.1) is 5.95 Å². The van der Waals surface area contributed by atoms with Gasteiger partial charge in [-0.2, -0.15) is 4.39 Å². The third-order valence-corrected chi connectivity index (χ3v) is 4.30. The zero-order valence-corrected chi connectivity index (χ0v) is 15.1. The molecule has 2 aromatic rings. The Kier molecular flexibility index (Phi) is 6.35. The fourth-order valence-electron chi connectivity index (χ4n) is 2.93. The Bertz CT molecular complexity index is 848. The number of amidine groups is 1. The van der Waals surface area contributed by atoms with E-state index >= 15 is 0 Å². The van der Waals surface area contributed by atoms with E-state index < -0.39 is 30.9 Å². The number of benzene rings is 1. The number of nitrogens with two attached hydrogens (primary N) is 1. The topological polar surface area (TPSA) is 79.0 Å². The molecular weight excluding hydrogens is 375 g/mol. The van der Waals surface area contributed by atoms with Crippen LogP contribution in [0.5, 0.6) is 5.75 Å². The van der Waals surface area contributed by atoms with Crippen LogP contribution in [0.3, 0.4) is 0 Å². The molecule has 0 bridgehead atoms. The molecule has 2 heterocycles. The Labute approximate surface area is 160 Å². The number of nitrogens with zero attached hydrogens (tertiary/aromatic N) is 2. The number of alkyl halides is 2. The molecule has 0 amide bonds. The van der Waals surface area contributed by atoms with E-state index in [-0.39, 0.29) is 19.2 Å². The highest BCUT2D eigenvalue weighted by molar-refractivity contribution is 5.72. The molecule has 28 heavy (non-hydrogen) atoms. The van der Waals surface area contributed by atoms with E-state index in [1.165, 1.54) is 13.3 Å². The number of methoxy groups -OCH3 is 1. The van der Waals surface area contributed by atoms with Crippen LogP contribution >= 0.6 is 0 Å². The second-order valence-electron chi connectivity index (χ2n) is 6.11. The van der Waals surface area contributed by atoms with Crippen LogP contribution in [0.4, 0.5) is 13.2 Å². The minimum atomic E-state index is -2.47. The fraction of sp³-hybridized carbons (Fsp3) is 0.368. The predicted molar refractivity (Wildman–Crippen MR) is 96.9 cm³/mol. The molecule has 0 spiro atoms. The molecule has 6 nitrogen and oxygen atoms in total. The second kappa shape index (κ2) is 8.92. The lowest BCUT2D eigenvalue weighted by Crippen LogP contribution is -2.34. The summed E-state index contributed by atoms with van der Waals surface area (Å²) in [4.78, 5) is 7.96. The Morgan fingerprint density at radius 2 is 2.21 bits per heavy atom. The summed E-state index contributed by atoms with van der Waals surface area (Å²) in [6.45, 7) is -0.0428. The minimum absolute atomic E-state index is 0.0849. The molecule has 1 aromatic carbocycles. The molecule has 2 N–H and O–H groups in total. The standard InChI is InChI=1S/C19H20F3N3O3/c1-26-19(23)25-17-13-9-11(12-3-2-7-24-18(12)22)4-5-14(13)28-10-15(17)27-8-6-16(20)21/h2-5,7,9,15-17H,6,8,10H2,1H3,(H2,23,25)/t15-,17+/m1/s1. The Morgan fingerprint density at radius 1 is 1.39 bits per heavy atom. The zero-order chi connectivity index (χ0) is 20.1. The van der Waals surface area contributed by atoms with Crippen molar-refractivity contribution < 1.29 is 27.4 Å². The van der Waals surface area contributed by atoms with Gasteiger partial charge < -0.3 is 19.9 Å². The number of aliphatic imine (C=N–C) groups is 1. The van der Waals surface area contributed by atoms with E-state index in [9.17, 15) is 13.2 Å². The fourth-order valence-corrected chi connectivity index (χ4v) is 2.93. The van der Waals surface area contributed by atoms with Gasteiger partial charge in [-0.1, -0.05) is 6.07 Å². The van der Waals surface area contributed by atoms with Gasteiger partial charge in [-0.3, -0.25) is 0 Å². The quantitative estimate of drug-likeness (QED) is 0.461. The molecule has 0 saturated heterocycles. The summed E-state index contributed by atoms with van der Waals surface area (Å²) in [5, 5.41) is 0. The van der Waals surface area contributed by atoms with Gasteiger partial charge in [-0.05, 0) is 29.8 Å². The van der Waals surface area contributed by atoms with Gasteiger partial charge >= 0.3 is 0 Å². The Hall–Kier alpha value is -2.81. The van der Waals surface area contributed by atoms with Crippen LogP contribution in [0.2, 0.25) is 0 Å². The second-order valence-corrected chi connectivity index (χ2v) is 6.11. The summed E-state index contributed by atoms with van der Waals surface area (Å²) in [6.07, 6.45) is -2.16. The highest BCUT2D eigenvalue weighted by Crippen LogP contribution is 2.39. The van der Waals surface area contributed by atoms with Gasteiger partial charge in [0.15, 0.2) is 0 Å². The smallest absolute Gasteiger partial charge is 0.282 e. The normalized spacial score (nSPS) is 19.2. The van der Waals surface area contributed by atoms with E-state index in [1.54, 1.807) is 30.3 Å². The van der Waals surface area contributed by atoms with E-state index in [0.717, 1.165) is 0 Å². The Balaban J connectivity index is 1.96. The van der Waals surface area contributed by atoms with Crippen LogP contribution in [0.15, 0.2) is 41.5 Å². The summed E-state index contributed by atoms with van der Waals surface area (Å²) in [5.74, 6) is -0.0835. The van der Waals surface area contributed by atoms with Crippen molar-refractivity contribution in [3.63, 3.8) is 0 Å². The molecule has 3 rings (SSSR count). The van der Waals surface area contributed by atoms with Crippen LogP contribution < -0.4 is 10.5 Å². The number of pyridine rings is 1. The average Bonchev–Trinajstić information content (AvgIpc) is 2.69. The summed E-state index contributed by atoms with van der Waals surface area (Å²) in [6, 6.07) is 7.60. The van der Waals surface area contributed by atoms with Crippen molar-refractivity contribution in [2.45, 2.75) is 25.0 Å². The summed E-state index contributed by atoms with van der Waals surface area (Å²) in [5.41, 5.74) is 7.19. The van der Waals surface area contributed by atoms with Gasteiger partial charge in [0.05, 0.1) is 13.7 Å². The number of rotatable bonds is 6. The van der Waals surface area contributed by atoms with Crippen LogP contribution in [0.1, 0.15) is 18.0 Å². The lowest BCUT2D eigenvalue weighted by Gasteiger charge is -2.31. The lowest BCUT2D eigenvalue weighted by molar-refractivity contribution is -0.0233. The highest BCUT2D eigenvalue weighted by Gasteiger charge is 2.33. The number of fused-ring (bicyclic) bond motifs is 1. The van der Waals surface area contributed by atoms with Gasteiger partial charge in [0.2, 0.25) is 12.4 Å². The third-order valence-electron chi connectivity index (χ3n) is 4.30. The van der Waals surface area contributed by atoms with Crippen LogP contribution in [-0.4, -0.2) is 43.9 Å². The molecule has 0 aliphatic carbocycles. The minimum Gasteiger partial charge on any atom is -0.490 e. The van der Waals surface area contributed by atoms with Crippen molar-refractivity contribution >= 4 is 6.02 Å². The van der Waals surface area contributed by atoms with E-state index in [0.29, 0.717) is 22.4 Å². The van der Waals surface area contributed by atoms with Gasteiger partial charge in [0, 0.05) is 23.7 Å². The van der Waals surface area contributed by atoms with Gasteiger partial charge in [-0.15, -0.1) is 0 Å². The molecule has 0 radical (unpaired) electrons. The molecule has 9 heteroatoms. The first-order valence-corrected chi connectivity index (χ1v) is 8.64. The summed E-state index contributed by atoms with van der Waals surface area (Å²) < 4.78 is 55.2. The first kappa shape index (κ1) is 19.9. The largest absolute Gasteiger partial charge is 0.490 e. The van der Waals surface area contributed by atoms with Crippen molar-refractivity contribution in [2.75, 3.05) is 20.3 Å². The first-order valence-electron chi connectivity index (χ1n) is 8.64. The highest BCUT2D eigenvalue weighted by atomic mass is 19.3. The molecule has 1 aliphatic heterocycles. The summed E-state index contributed by atoms with van der Waals surface area (Å²) in [7, 11) is 1.37. The van der Waals surface area contributed by atoms with Crippen molar-refractivity contribution in [1.82, 2.24) is 4.98 Å². The molecule has 1 aromatic heterocycles. The third kappa shape index (κ3) is 4.53. The zero-order valence-electron chi connectivity index (χ0n) is 15.1. The van der Waals surface area contributed by atoms with Gasteiger partial charge in [0.25, 0.3) is 6.02 Å². The first-order chi connectivity index (χ1) is 13.5. The number of ether oxygens (including phenoxy) is 3. The van der Waals surface area contributed by atoms with Gasteiger partial charge in [-0.25, -0.2) is 18.8 Å². The predicted octanol–water partition coefficient (Wildman–Crippen LogP) is 3.32. The molecule has 150 valence electrons. The molecule has 2 atom stereocenters. The number of halogens is 3. The molecular formula is C19H20F3N3O3. The number of hydrogen-bond donors (Lipinski definition) is 1. The monoisotopic (exact) mass is 395 g/mol. The van der Waals surface area contributed by atoms with Crippen LogP contribution in [0.25, 0.3) is 11.1 Å². The summed E-state index contributed by atoms with van der Waals surface area (Å²) >= 11 is 0. The van der Waals surface area contributed by atoms with E-state index in [2.05, 4.69) is 9.98 Å². The van der Waals surface area contributed by atoms with Gasteiger partial charge in [0.1, 0.15) is 24.5 Å². The van der Waals surface area contributed by atoms with E-state index in [4.69, 9.17) is 19.9 Å². The molecule has 0 fully saturated rings. The molecule has 1 aliphatic rings. The van der Waals surface area contributed by atoms with Crippen molar-refractivity contribution in [3.05, 3.63) is 48.0 Å². The number of hydrogen-bond acceptors (Lipinski definition) is 5. The Morgan fingerprint density at radius 3 is 2.93 bits per heavy atom. The molecule has 0 saturated carbocycles. The maximum absolute atomic E-state index is 14.1. The van der Waals surface area contributed by atoms with Crippen molar-refractivity contribution in [3.8, 4) is 16.9 Å². The van der Waals surface area contributed by atoms with Crippen molar-refractivity contribution in [1.29, 1.82) is 0 Å².